The van der Waals surface area contributed by atoms with E-state index in [4.69, 9.17) is 0 Å². The topological polar surface area (TPSA) is 84.6 Å². The minimum Gasteiger partial charge on any atom is -1.00 e. The Morgan fingerprint density at radius 2 is 0.410 bits per heavy atom. The molecule has 0 aromatic rings. The van der Waals surface area contributed by atoms with Crippen LogP contribution in [0.1, 0.15) is 116 Å². The van der Waals surface area contributed by atoms with Gasteiger partial charge in [-0.15, -0.1) is 39.3 Å². The SMILES string of the molecule is C1CCC(C2CCCC[N-]2)[N-]C1.C1CCC(C2CCCC[N-]2)[N-]C1.C1CCC(C2CCCC[N-]2)[N-]C1.[Br-].[Br-].[Ni]. The van der Waals surface area contributed by atoms with Crippen molar-refractivity contribution in [3.05, 3.63) is 31.9 Å². The first-order chi connectivity index (χ1) is 17.9. The molecule has 6 rings (SSSR count). The molecule has 0 aromatic carbocycles. The number of hydrogen-bond donors (Lipinski definition) is 0. The zero-order valence-corrected chi connectivity index (χ0v) is 28.3. The van der Waals surface area contributed by atoms with Crippen molar-refractivity contribution in [3.63, 3.8) is 0 Å². The van der Waals surface area contributed by atoms with E-state index in [1.807, 2.05) is 0 Å². The Bertz CT molecular complexity index is 417. The number of hydrogen-bond acceptors (Lipinski definition) is 0. The first-order valence-corrected chi connectivity index (χ1v) is 15.9. The normalized spacial score (nSPS) is 35.1. The second-order valence-corrected chi connectivity index (χ2v) is 11.8. The van der Waals surface area contributed by atoms with Gasteiger partial charge in [0.2, 0.25) is 0 Å². The van der Waals surface area contributed by atoms with E-state index in [0.717, 1.165) is 39.3 Å². The predicted octanol–water partition coefficient (Wildman–Crippen LogP) is 2.52. The summed E-state index contributed by atoms with van der Waals surface area (Å²) in [5.74, 6) is 0. The van der Waals surface area contributed by atoms with Crippen molar-refractivity contribution < 1.29 is 50.5 Å². The quantitative estimate of drug-likeness (QED) is 0.403. The number of rotatable bonds is 3. The monoisotopic (exact) mass is 714 g/mol. The molecule has 6 unspecified atom stereocenters. The summed E-state index contributed by atoms with van der Waals surface area (Å²) in [6, 6.07) is 3.58. The molecule has 0 N–H and O–H groups in total. The van der Waals surface area contributed by atoms with Crippen LogP contribution in [-0.4, -0.2) is 75.5 Å². The number of nitrogens with zero attached hydrogens (tertiary/aromatic N) is 6. The van der Waals surface area contributed by atoms with Crippen molar-refractivity contribution in [2.24, 2.45) is 0 Å². The molecule has 0 bridgehead atoms. The molecule has 0 saturated carbocycles. The minimum atomic E-state index is 0. The summed E-state index contributed by atoms with van der Waals surface area (Å²) in [5, 5.41) is 28.0. The molecule has 0 aromatic heterocycles. The van der Waals surface area contributed by atoms with Crippen molar-refractivity contribution in [1.29, 1.82) is 0 Å². The van der Waals surface area contributed by atoms with Crippen molar-refractivity contribution >= 4 is 0 Å². The molecule has 0 amide bonds. The standard InChI is InChI=1S/3C10H18N2.2BrH.Ni/c3*1-3-7-11-9(5-1)10-6-2-4-8-12-10;;;/h3*9-10H,1-8H2;2*1H;/q3*-2;;;/p-2. The third-order valence-corrected chi connectivity index (χ3v) is 8.96. The Labute approximate surface area is 272 Å². The van der Waals surface area contributed by atoms with Crippen LogP contribution in [0.4, 0.5) is 0 Å². The van der Waals surface area contributed by atoms with Crippen LogP contribution in [0.25, 0.3) is 31.9 Å². The van der Waals surface area contributed by atoms with Crippen molar-refractivity contribution in [2.45, 2.75) is 152 Å². The molecule has 0 aliphatic carbocycles. The van der Waals surface area contributed by atoms with E-state index >= 15 is 0 Å². The Balaban J connectivity index is 0.000000282. The van der Waals surface area contributed by atoms with Gasteiger partial charge in [0.05, 0.1) is 0 Å². The molecule has 236 valence electrons. The van der Waals surface area contributed by atoms with E-state index in [2.05, 4.69) is 31.9 Å². The smallest absolute Gasteiger partial charge is 0 e. The van der Waals surface area contributed by atoms with Gasteiger partial charge < -0.3 is 65.9 Å². The molecule has 6 atom stereocenters. The third kappa shape index (κ3) is 14.5. The Morgan fingerprint density at radius 1 is 0.256 bits per heavy atom. The zero-order chi connectivity index (χ0) is 24.7. The van der Waals surface area contributed by atoms with Crippen LogP contribution in [0.5, 0.6) is 0 Å². The minimum absolute atomic E-state index is 0. The molecule has 6 fully saturated rings. The Morgan fingerprint density at radius 3 is 0.513 bits per heavy atom. The van der Waals surface area contributed by atoms with Crippen LogP contribution in [0, 0.1) is 0 Å². The molecule has 39 heavy (non-hydrogen) atoms. The number of halogens is 2. The zero-order valence-electron chi connectivity index (χ0n) is 24.2. The van der Waals surface area contributed by atoms with Crippen LogP contribution in [0.3, 0.4) is 0 Å². The maximum Gasteiger partial charge on any atom is 0 e. The summed E-state index contributed by atoms with van der Waals surface area (Å²) in [4.78, 5) is 0. The van der Waals surface area contributed by atoms with Crippen LogP contribution >= 0.6 is 0 Å². The molecule has 6 heterocycles. The van der Waals surface area contributed by atoms with Gasteiger partial charge in [0, 0.05) is 16.5 Å². The van der Waals surface area contributed by atoms with E-state index in [1.54, 1.807) is 0 Å². The van der Waals surface area contributed by atoms with Gasteiger partial charge in [0.25, 0.3) is 0 Å². The summed E-state index contributed by atoms with van der Waals surface area (Å²) in [7, 11) is 0. The molecular weight excluding hydrogens is 663 g/mol. The first kappa shape index (κ1) is 38.2. The summed E-state index contributed by atoms with van der Waals surface area (Å²) in [6.45, 7) is 6.56. The van der Waals surface area contributed by atoms with Gasteiger partial charge in [-0.1, -0.05) is 116 Å². The summed E-state index contributed by atoms with van der Waals surface area (Å²) in [5.41, 5.74) is 0. The second-order valence-electron chi connectivity index (χ2n) is 11.8. The molecule has 6 saturated heterocycles. The van der Waals surface area contributed by atoms with Gasteiger partial charge in [0.1, 0.15) is 0 Å². The molecule has 0 spiro atoms. The van der Waals surface area contributed by atoms with Crippen molar-refractivity contribution in [2.75, 3.05) is 39.3 Å². The van der Waals surface area contributed by atoms with E-state index < -0.39 is 0 Å². The maximum absolute atomic E-state index is 4.66. The third-order valence-electron chi connectivity index (χ3n) is 8.96. The molecule has 9 heteroatoms. The fourth-order valence-electron chi connectivity index (χ4n) is 6.77. The molecular formula is C30H54Br2N6Ni-8. The summed E-state index contributed by atoms with van der Waals surface area (Å²) >= 11 is 0. The van der Waals surface area contributed by atoms with Crippen LogP contribution in [-0.2, 0) is 16.5 Å². The Kier molecular flexibility index (Phi) is 23.2. The average Bonchev–Trinajstić information content (AvgIpc) is 3.01. The molecule has 0 radical (unpaired) electrons. The Hall–Kier alpha value is 1.21. The van der Waals surface area contributed by atoms with E-state index in [-0.39, 0.29) is 50.5 Å². The predicted molar refractivity (Wildman–Crippen MR) is 155 cm³/mol. The molecule has 6 aliphatic rings. The van der Waals surface area contributed by atoms with Crippen LogP contribution in [0.2, 0.25) is 0 Å². The molecule has 6 aliphatic heterocycles. The van der Waals surface area contributed by atoms with Gasteiger partial charge in [-0.25, -0.2) is 0 Å². The van der Waals surface area contributed by atoms with Crippen molar-refractivity contribution in [3.8, 4) is 0 Å². The van der Waals surface area contributed by atoms with Gasteiger partial charge in [-0.2, -0.15) is 36.3 Å². The first-order valence-electron chi connectivity index (χ1n) is 15.9. The van der Waals surface area contributed by atoms with Gasteiger partial charge >= 0.3 is 0 Å². The van der Waals surface area contributed by atoms with Gasteiger partial charge in [-0.3, -0.25) is 0 Å². The van der Waals surface area contributed by atoms with E-state index in [1.165, 1.54) is 116 Å². The van der Waals surface area contributed by atoms with Crippen molar-refractivity contribution in [1.82, 2.24) is 0 Å². The van der Waals surface area contributed by atoms with Crippen LogP contribution in [0.15, 0.2) is 0 Å². The summed E-state index contributed by atoms with van der Waals surface area (Å²) in [6.07, 6.45) is 23.9. The van der Waals surface area contributed by atoms with E-state index in [9.17, 15) is 0 Å². The van der Waals surface area contributed by atoms with Crippen LogP contribution < -0.4 is 34.0 Å². The summed E-state index contributed by atoms with van der Waals surface area (Å²) < 4.78 is 0. The fraction of sp³-hybridized carbons (Fsp3) is 1.00. The second kappa shape index (κ2) is 23.6. The molecule has 6 nitrogen and oxygen atoms in total. The maximum atomic E-state index is 4.66. The van der Waals surface area contributed by atoms with E-state index in [0.29, 0.717) is 36.3 Å². The van der Waals surface area contributed by atoms with Gasteiger partial charge in [0.15, 0.2) is 0 Å². The number of piperidine rings is 6. The largest absolute Gasteiger partial charge is 1.00 e. The fourth-order valence-corrected chi connectivity index (χ4v) is 6.77. The average molecular weight is 717 g/mol. The van der Waals surface area contributed by atoms with Gasteiger partial charge in [-0.05, 0) is 0 Å².